The molecule has 1 aliphatic heterocycles. The van der Waals surface area contributed by atoms with Gasteiger partial charge < -0.3 is 5.11 Å². The van der Waals surface area contributed by atoms with Crippen molar-refractivity contribution >= 4 is 33.4 Å². The highest BCUT2D eigenvalue weighted by atomic mass is 35.5. The Morgan fingerprint density at radius 3 is 2.80 bits per heavy atom. The lowest BCUT2D eigenvalue weighted by atomic mass is 10.2. The number of thioether (sulfide) groups is 1. The Hall–Kier alpha value is -0.340. The first kappa shape index (κ1) is 16.0. The molecule has 4 nitrogen and oxygen atoms in total. The van der Waals surface area contributed by atoms with Gasteiger partial charge >= 0.3 is 0 Å². The van der Waals surface area contributed by atoms with Gasteiger partial charge in [0.05, 0.1) is 6.61 Å². The monoisotopic (exact) mass is 339 g/mol. The van der Waals surface area contributed by atoms with Gasteiger partial charge in [-0.05, 0) is 24.3 Å². The van der Waals surface area contributed by atoms with E-state index >= 15 is 0 Å². The molecule has 20 heavy (non-hydrogen) atoms. The summed E-state index contributed by atoms with van der Waals surface area (Å²) in [7, 11) is -2.51. The minimum atomic E-state index is -3.96. The van der Waals surface area contributed by atoms with Crippen LogP contribution in [0.25, 0.3) is 0 Å². The molecule has 112 valence electrons. The number of hydrogen-bond acceptors (Lipinski definition) is 4. The predicted octanol–water partition coefficient (Wildman–Crippen LogP) is 2.10. The highest BCUT2D eigenvalue weighted by molar-refractivity contribution is 7.99. The van der Waals surface area contributed by atoms with Crippen molar-refractivity contribution in [1.29, 1.82) is 0 Å². The Kier molecular flexibility index (Phi) is 4.96. The van der Waals surface area contributed by atoms with Gasteiger partial charge in [-0.3, -0.25) is 0 Å². The third-order valence-electron chi connectivity index (χ3n) is 3.33. The van der Waals surface area contributed by atoms with Gasteiger partial charge in [0.25, 0.3) is 0 Å². The average Bonchev–Trinajstić information content (AvgIpc) is 2.93. The van der Waals surface area contributed by atoms with E-state index in [-0.39, 0.29) is 16.6 Å². The van der Waals surface area contributed by atoms with Crippen LogP contribution in [0.2, 0.25) is 5.02 Å². The third-order valence-corrected chi connectivity index (χ3v) is 6.60. The number of aliphatic hydroxyl groups is 1. The van der Waals surface area contributed by atoms with E-state index in [1.807, 2.05) is 0 Å². The maximum Gasteiger partial charge on any atom is 0.246 e. The Morgan fingerprint density at radius 2 is 2.25 bits per heavy atom. The summed E-state index contributed by atoms with van der Waals surface area (Å²) in [4.78, 5) is -0.478. The molecule has 1 unspecified atom stereocenters. The highest BCUT2D eigenvalue weighted by Crippen LogP contribution is 2.30. The Morgan fingerprint density at radius 1 is 1.55 bits per heavy atom. The van der Waals surface area contributed by atoms with Crippen molar-refractivity contribution < 1.29 is 17.9 Å². The smallest absolute Gasteiger partial charge is 0.246 e. The number of nitrogens with zero attached hydrogens (tertiary/aromatic N) is 1. The molecule has 8 heteroatoms. The lowest BCUT2D eigenvalue weighted by Crippen LogP contribution is -2.37. The van der Waals surface area contributed by atoms with E-state index in [0.717, 1.165) is 18.2 Å². The summed E-state index contributed by atoms with van der Waals surface area (Å²) in [5.74, 6) is 0.657. The molecule has 0 spiro atoms. The van der Waals surface area contributed by atoms with E-state index in [0.29, 0.717) is 5.75 Å². The number of sulfonamides is 1. The maximum atomic E-state index is 14.2. The van der Waals surface area contributed by atoms with Crippen LogP contribution in [0.15, 0.2) is 17.0 Å². The van der Waals surface area contributed by atoms with Crippen molar-refractivity contribution in [3.8, 4) is 0 Å². The molecular formula is C12H15ClFNO3S2. The Bertz CT molecular complexity index is 603. The van der Waals surface area contributed by atoms with Crippen LogP contribution in [0.5, 0.6) is 0 Å². The highest BCUT2D eigenvalue weighted by Gasteiger charge is 2.33. The zero-order chi connectivity index (χ0) is 14.9. The van der Waals surface area contributed by atoms with Crippen LogP contribution < -0.4 is 0 Å². The van der Waals surface area contributed by atoms with E-state index in [2.05, 4.69) is 0 Å². The van der Waals surface area contributed by atoms with Gasteiger partial charge in [0.2, 0.25) is 10.0 Å². The summed E-state index contributed by atoms with van der Waals surface area (Å²) in [6, 6.07) is 2.17. The number of aliphatic hydroxyl groups excluding tert-OH is 1. The predicted molar refractivity (Wildman–Crippen MR) is 78.0 cm³/mol. The van der Waals surface area contributed by atoms with Crippen LogP contribution in [-0.4, -0.2) is 42.4 Å². The van der Waals surface area contributed by atoms with Crippen LogP contribution in [-0.2, 0) is 16.6 Å². The Balaban J connectivity index is 2.45. The summed E-state index contributed by atoms with van der Waals surface area (Å²) in [5, 5.41) is 9.16. The number of halogens is 2. The quantitative estimate of drug-likeness (QED) is 0.912. The largest absolute Gasteiger partial charge is 0.392 e. The molecule has 2 rings (SSSR count). The van der Waals surface area contributed by atoms with Crippen LogP contribution >= 0.6 is 23.4 Å². The van der Waals surface area contributed by atoms with Crippen LogP contribution in [0.4, 0.5) is 4.39 Å². The van der Waals surface area contributed by atoms with E-state index in [1.54, 1.807) is 11.8 Å². The summed E-state index contributed by atoms with van der Waals surface area (Å²) < 4.78 is 40.4. The van der Waals surface area contributed by atoms with Crippen molar-refractivity contribution in [2.45, 2.75) is 24.0 Å². The van der Waals surface area contributed by atoms with Crippen LogP contribution in [0, 0.1) is 5.82 Å². The van der Waals surface area contributed by atoms with Gasteiger partial charge in [-0.1, -0.05) is 11.6 Å². The second-order valence-corrected chi connectivity index (χ2v) is 8.13. The van der Waals surface area contributed by atoms with E-state index < -0.39 is 27.3 Å². The molecule has 0 aromatic heterocycles. The molecule has 0 aliphatic carbocycles. The second-order valence-electron chi connectivity index (χ2n) is 4.57. The number of rotatable bonds is 4. The third kappa shape index (κ3) is 2.96. The molecule has 0 saturated carbocycles. The zero-order valence-corrected chi connectivity index (χ0v) is 13.2. The molecule has 1 atom stereocenters. The molecule has 1 aliphatic rings. The van der Waals surface area contributed by atoms with E-state index in [4.69, 9.17) is 16.7 Å². The summed E-state index contributed by atoms with van der Waals surface area (Å²) >= 11 is 7.48. The molecule has 1 aromatic carbocycles. The van der Waals surface area contributed by atoms with Gasteiger partial charge in [0.1, 0.15) is 10.7 Å². The molecule has 1 saturated heterocycles. The zero-order valence-electron chi connectivity index (χ0n) is 10.8. The van der Waals surface area contributed by atoms with E-state index in [9.17, 15) is 12.8 Å². The first-order valence-electron chi connectivity index (χ1n) is 6.02. The lowest BCUT2D eigenvalue weighted by Gasteiger charge is -2.23. The van der Waals surface area contributed by atoms with Gasteiger partial charge in [-0.15, -0.1) is 0 Å². The molecule has 1 heterocycles. The van der Waals surface area contributed by atoms with Gasteiger partial charge in [0.15, 0.2) is 0 Å². The van der Waals surface area contributed by atoms with Gasteiger partial charge in [-0.25, -0.2) is 12.8 Å². The summed E-state index contributed by atoms with van der Waals surface area (Å²) in [6.45, 7) is -0.599. The van der Waals surface area contributed by atoms with Crippen LogP contribution in [0.3, 0.4) is 0 Å². The normalized spacial score (nSPS) is 19.8. The summed E-state index contributed by atoms with van der Waals surface area (Å²) in [6.07, 6.45) is 0.745. The van der Waals surface area contributed by atoms with Crippen LogP contribution in [0.1, 0.15) is 12.0 Å². The van der Waals surface area contributed by atoms with Crippen molar-refractivity contribution in [2.24, 2.45) is 0 Å². The standard InChI is InChI=1S/C12H15ClFNO3S2/c1-15(10-2-3-19-7-10)20(17,18)11-5-9(13)4-8(6-16)12(11)14/h4-5,10,16H,2-3,6-7H2,1H3. The first-order chi connectivity index (χ1) is 9.37. The fourth-order valence-corrected chi connectivity index (χ4v) is 5.27. The molecule has 0 radical (unpaired) electrons. The second kappa shape index (κ2) is 6.19. The van der Waals surface area contributed by atoms with Crippen molar-refractivity contribution in [3.05, 3.63) is 28.5 Å². The molecule has 0 bridgehead atoms. The first-order valence-corrected chi connectivity index (χ1v) is 8.99. The average molecular weight is 340 g/mol. The molecule has 1 fully saturated rings. The van der Waals surface area contributed by atoms with Crippen molar-refractivity contribution in [2.75, 3.05) is 18.6 Å². The van der Waals surface area contributed by atoms with Gasteiger partial charge in [-0.2, -0.15) is 16.1 Å². The minimum Gasteiger partial charge on any atom is -0.392 e. The fraction of sp³-hybridized carbons (Fsp3) is 0.500. The molecule has 1 N–H and O–H groups in total. The minimum absolute atomic E-state index is 0.0863. The number of benzene rings is 1. The van der Waals surface area contributed by atoms with E-state index in [1.165, 1.54) is 17.4 Å². The van der Waals surface area contributed by atoms with Gasteiger partial charge in [0, 0.05) is 29.4 Å². The topological polar surface area (TPSA) is 57.6 Å². The lowest BCUT2D eigenvalue weighted by molar-refractivity contribution is 0.274. The number of hydrogen-bond donors (Lipinski definition) is 1. The fourth-order valence-electron chi connectivity index (χ4n) is 2.08. The molecular weight excluding hydrogens is 325 g/mol. The molecule has 1 aromatic rings. The molecule has 0 amide bonds. The maximum absolute atomic E-state index is 14.2. The van der Waals surface area contributed by atoms with Crippen molar-refractivity contribution in [3.63, 3.8) is 0 Å². The Labute approximate surface area is 127 Å². The van der Waals surface area contributed by atoms with Crippen molar-refractivity contribution in [1.82, 2.24) is 4.31 Å². The SMILES string of the molecule is CN(C1CCSC1)S(=O)(=O)c1cc(Cl)cc(CO)c1F. The summed E-state index contributed by atoms with van der Waals surface area (Å²) in [5.41, 5.74) is -0.120.